The van der Waals surface area contributed by atoms with E-state index in [1.54, 1.807) is 6.92 Å². The first-order valence-electron chi connectivity index (χ1n) is 6.27. The third kappa shape index (κ3) is 2.63. The van der Waals surface area contributed by atoms with Crippen molar-refractivity contribution in [1.29, 1.82) is 0 Å². The molecular formula is C14H21NO3. The van der Waals surface area contributed by atoms with Crippen LogP contribution in [-0.4, -0.2) is 30.3 Å². The lowest BCUT2D eigenvalue weighted by Crippen LogP contribution is -2.27. The second-order valence-electron chi connectivity index (χ2n) is 4.36. The Kier molecular flexibility index (Phi) is 4.70. The van der Waals surface area contributed by atoms with Crippen molar-refractivity contribution >= 4 is 11.8 Å². The lowest BCUT2D eigenvalue weighted by molar-refractivity contribution is -0.138. The predicted octanol–water partition coefficient (Wildman–Crippen LogP) is 2.41. The van der Waals surface area contributed by atoms with Crippen LogP contribution in [0.3, 0.4) is 0 Å². The van der Waals surface area contributed by atoms with E-state index in [1.165, 1.54) is 0 Å². The van der Waals surface area contributed by atoms with Gasteiger partial charge < -0.3 is 9.64 Å². The standard InChI is InChI=1S/C14H21NO3/c1-6-13(16)11-8-12(14(17)18-7-2)10(4)15(5)9(11)3/h6-8H2,1-5H3. The van der Waals surface area contributed by atoms with Crippen LogP contribution < -0.4 is 0 Å². The largest absolute Gasteiger partial charge is 0.463 e. The molecule has 1 rings (SSSR count). The van der Waals surface area contributed by atoms with Gasteiger partial charge in [0.2, 0.25) is 0 Å². The molecule has 100 valence electrons. The van der Waals surface area contributed by atoms with Gasteiger partial charge in [0.15, 0.2) is 5.78 Å². The molecule has 0 atom stereocenters. The number of allylic oxidation sites excluding steroid dienone is 3. The molecule has 18 heavy (non-hydrogen) atoms. The Balaban J connectivity index is 3.10. The normalized spacial score (nSPS) is 16.2. The molecule has 0 saturated carbocycles. The Morgan fingerprint density at radius 3 is 2.22 bits per heavy atom. The molecule has 0 spiro atoms. The van der Waals surface area contributed by atoms with Crippen LogP contribution in [-0.2, 0) is 14.3 Å². The summed E-state index contributed by atoms with van der Waals surface area (Å²) in [6.45, 7) is 7.74. The highest BCUT2D eigenvalue weighted by Gasteiger charge is 2.27. The molecule has 0 unspecified atom stereocenters. The molecular weight excluding hydrogens is 230 g/mol. The molecule has 1 aliphatic heterocycles. The highest BCUT2D eigenvalue weighted by Crippen LogP contribution is 2.30. The maximum absolute atomic E-state index is 11.9. The smallest absolute Gasteiger partial charge is 0.336 e. The van der Waals surface area contributed by atoms with Crippen molar-refractivity contribution in [3.05, 3.63) is 22.5 Å². The maximum Gasteiger partial charge on any atom is 0.336 e. The average Bonchev–Trinajstić information content (AvgIpc) is 2.35. The van der Waals surface area contributed by atoms with Crippen molar-refractivity contribution in [1.82, 2.24) is 4.90 Å². The summed E-state index contributed by atoms with van der Waals surface area (Å²) in [5, 5.41) is 0. The Morgan fingerprint density at radius 1 is 1.17 bits per heavy atom. The lowest BCUT2D eigenvalue weighted by atomic mass is 9.93. The molecule has 0 saturated heterocycles. The minimum atomic E-state index is -0.323. The molecule has 0 aromatic rings. The fraction of sp³-hybridized carbons (Fsp3) is 0.571. The summed E-state index contributed by atoms with van der Waals surface area (Å²) in [6.07, 6.45) is 0.836. The molecule has 0 aromatic heterocycles. The van der Waals surface area contributed by atoms with Gasteiger partial charge in [0.05, 0.1) is 12.2 Å². The third-order valence-electron chi connectivity index (χ3n) is 3.41. The van der Waals surface area contributed by atoms with Crippen LogP contribution in [0.25, 0.3) is 0 Å². The van der Waals surface area contributed by atoms with E-state index < -0.39 is 0 Å². The van der Waals surface area contributed by atoms with Crippen molar-refractivity contribution in [3.63, 3.8) is 0 Å². The minimum Gasteiger partial charge on any atom is -0.463 e. The fourth-order valence-electron chi connectivity index (χ4n) is 2.04. The zero-order valence-electron chi connectivity index (χ0n) is 11.8. The topological polar surface area (TPSA) is 46.6 Å². The van der Waals surface area contributed by atoms with Gasteiger partial charge in [-0.15, -0.1) is 0 Å². The van der Waals surface area contributed by atoms with E-state index in [9.17, 15) is 9.59 Å². The van der Waals surface area contributed by atoms with E-state index in [0.29, 0.717) is 30.6 Å². The van der Waals surface area contributed by atoms with E-state index in [4.69, 9.17) is 4.74 Å². The Labute approximate surface area is 108 Å². The number of carbonyl (C=O) groups is 2. The van der Waals surface area contributed by atoms with Crippen LogP contribution in [0.5, 0.6) is 0 Å². The molecule has 0 N–H and O–H groups in total. The molecule has 4 heteroatoms. The van der Waals surface area contributed by atoms with Gasteiger partial charge in [-0.3, -0.25) is 4.79 Å². The van der Waals surface area contributed by atoms with Gasteiger partial charge in [0.1, 0.15) is 0 Å². The number of Topliss-reactive ketones (excluding diaryl/α,β-unsaturated/α-hetero) is 1. The number of nitrogens with zero attached hydrogens (tertiary/aromatic N) is 1. The molecule has 0 aliphatic carbocycles. The number of hydrogen-bond donors (Lipinski definition) is 0. The number of rotatable bonds is 4. The van der Waals surface area contributed by atoms with Crippen molar-refractivity contribution in [3.8, 4) is 0 Å². The number of esters is 1. The summed E-state index contributed by atoms with van der Waals surface area (Å²) < 4.78 is 5.04. The molecule has 0 amide bonds. The average molecular weight is 251 g/mol. The van der Waals surface area contributed by atoms with Crippen LogP contribution in [0.4, 0.5) is 0 Å². The number of hydrogen-bond acceptors (Lipinski definition) is 4. The third-order valence-corrected chi connectivity index (χ3v) is 3.41. The van der Waals surface area contributed by atoms with Gasteiger partial charge in [0.25, 0.3) is 0 Å². The first-order chi connectivity index (χ1) is 8.43. The minimum absolute atomic E-state index is 0.0913. The second-order valence-corrected chi connectivity index (χ2v) is 4.36. The van der Waals surface area contributed by atoms with Crippen LogP contribution in [0.1, 0.15) is 40.5 Å². The van der Waals surface area contributed by atoms with Gasteiger partial charge in [-0.1, -0.05) is 6.92 Å². The van der Waals surface area contributed by atoms with Crippen LogP contribution in [0.15, 0.2) is 22.5 Å². The van der Waals surface area contributed by atoms with E-state index in [-0.39, 0.29) is 11.8 Å². The van der Waals surface area contributed by atoms with Crippen molar-refractivity contribution < 1.29 is 14.3 Å². The van der Waals surface area contributed by atoms with Gasteiger partial charge >= 0.3 is 5.97 Å². The Hall–Kier alpha value is -1.58. The number of ketones is 1. The monoisotopic (exact) mass is 251 g/mol. The van der Waals surface area contributed by atoms with Gasteiger partial charge in [-0.2, -0.15) is 0 Å². The number of carbonyl (C=O) groups excluding carboxylic acids is 2. The lowest BCUT2D eigenvalue weighted by Gasteiger charge is -2.30. The SMILES string of the molecule is CCOC(=O)C1=C(C)N(C)C(C)=C(C(=O)CC)C1. The molecule has 0 radical (unpaired) electrons. The van der Waals surface area contributed by atoms with E-state index in [2.05, 4.69) is 0 Å². The summed E-state index contributed by atoms with van der Waals surface area (Å²) in [5.41, 5.74) is 3.08. The highest BCUT2D eigenvalue weighted by atomic mass is 16.5. The number of ether oxygens (including phenoxy) is 1. The zero-order chi connectivity index (χ0) is 13.9. The molecule has 4 nitrogen and oxygen atoms in total. The Morgan fingerprint density at radius 2 is 1.72 bits per heavy atom. The molecule has 0 fully saturated rings. The van der Waals surface area contributed by atoms with Crippen LogP contribution in [0, 0.1) is 0 Å². The van der Waals surface area contributed by atoms with Crippen LogP contribution >= 0.6 is 0 Å². The summed E-state index contributed by atoms with van der Waals surface area (Å²) >= 11 is 0. The van der Waals surface area contributed by atoms with Crippen molar-refractivity contribution in [2.24, 2.45) is 0 Å². The summed E-state index contributed by atoms with van der Waals surface area (Å²) in [6, 6.07) is 0. The Bertz CT molecular complexity index is 432. The summed E-state index contributed by atoms with van der Waals surface area (Å²) in [7, 11) is 1.87. The molecule has 1 heterocycles. The maximum atomic E-state index is 11.9. The van der Waals surface area contributed by atoms with Crippen LogP contribution in [0.2, 0.25) is 0 Å². The van der Waals surface area contributed by atoms with E-state index >= 15 is 0 Å². The van der Waals surface area contributed by atoms with Gasteiger partial charge in [-0.25, -0.2) is 4.79 Å². The second kappa shape index (κ2) is 5.85. The van der Waals surface area contributed by atoms with Crippen molar-refractivity contribution in [2.45, 2.75) is 40.5 Å². The van der Waals surface area contributed by atoms with Gasteiger partial charge in [0, 0.05) is 36.9 Å². The summed E-state index contributed by atoms with van der Waals surface area (Å²) in [5.74, 6) is -0.232. The van der Waals surface area contributed by atoms with Crippen molar-refractivity contribution in [2.75, 3.05) is 13.7 Å². The highest BCUT2D eigenvalue weighted by molar-refractivity contribution is 6.00. The molecule has 1 aliphatic rings. The van der Waals surface area contributed by atoms with E-state index in [1.807, 2.05) is 32.7 Å². The predicted molar refractivity (Wildman–Crippen MR) is 69.7 cm³/mol. The first kappa shape index (κ1) is 14.5. The van der Waals surface area contributed by atoms with E-state index in [0.717, 1.165) is 11.4 Å². The molecule has 0 aromatic carbocycles. The summed E-state index contributed by atoms with van der Waals surface area (Å²) in [4.78, 5) is 25.7. The first-order valence-corrected chi connectivity index (χ1v) is 6.27. The van der Waals surface area contributed by atoms with Gasteiger partial charge in [-0.05, 0) is 20.8 Å². The molecule has 0 bridgehead atoms. The fourth-order valence-corrected chi connectivity index (χ4v) is 2.04. The zero-order valence-corrected chi connectivity index (χ0v) is 11.8. The quantitative estimate of drug-likeness (QED) is 0.720.